The van der Waals surface area contributed by atoms with Crippen molar-refractivity contribution in [1.29, 1.82) is 0 Å². The second kappa shape index (κ2) is 10.7. The van der Waals surface area contributed by atoms with Gasteiger partial charge < -0.3 is 31.1 Å². The highest BCUT2D eigenvalue weighted by Gasteiger charge is 2.35. The molecule has 11 heteroatoms. The van der Waals surface area contributed by atoms with E-state index < -0.39 is 5.91 Å². The van der Waals surface area contributed by atoms with Crippen LogP contribution in [0.2, 0.25) is 0 Å². The summed E-state index contributed by atoms with van der Waals surface area (Å²) >= 11 is 0. The third-order valence-electron chi connectivity index (χ3n) is 7.52. The van der Waals surface area contributed by atoms with Crippen LogP contribution in [-0.4, -0.2) is 88.8 Å². The number of aromatic nitrogens is 3. The van der Waals surface area contributed by atoms with Gasteiger partial charge in [0.2, 0.25) is 5.95 Å². The fourth-order valence-electron chi connectivity index (χ4n) is 5.46. The first-order chi connectivity index (χ1) is 17.5. The number of benzene rings is 1. The number of piperidine rings is 2. The first-order valence-electron chi connectivity index (χ1n) is 13.0. The molecule has 3 fully saturated rings. The van der Waals surface area contributed by atoms with E-state index in [1.54, 1.807) is 0 Å². The summed E-state index contributed by atoms with van der Waals surface area (Å²) in [6.07, 6.45) is 4.13. The summed E-state index contributed by atoms with van der Waals surface area (Å²) in [5.41, 5.74) is 7.70. The SMILES string of the molecule is CCN1CCN(C2CCCN(c3nnc(C(N)=O)c(Nc4ccc(C5CCNCC5)cc4)n3)C2)C1=O. The minimum Gasteiger partial charge on any atom is -0.364 e. The Labute approximate surface area is 211 Å². The number of amides is 3. The molecule has 11 nitrogen and oxygen atoms in total. The lowest BCUT2D eigenvalue weighted by Gasteiger charge is -2.37. The van der Waals surface area contributed by atoms with Gasteiger partial charge in [-0.3, -0.25) is 4.79 Å². The van der Waals surface area contributed by atoms with Crippen LogP contribution in [0.1, 0.15) is 54.6 Å². The molecule has 5 rings (SSSR count). The molecule has 0 bridgehead atoms. The smallest absolute Gasteiger partial charge is 0.320 e. The van der Waals surface area contributed by atoms with Crippen LogP contribution in [0, 0.1) is 0 Å². The molecule has 4 heterocycles. The Kier molecular flexibility index (Phi) is 7.17. The van der Waals surface area contributed by atoms with E-state index >= 15 is 0 Å². The fraction of sp³-hybridized carbons (Fsp3) is 0.560. The van der Waals surface area contributed by atoms with E-state index in [0.717, 1.165) is 70.6 Å². The quantitative estimate of drug-likeness (QED) is 0.533. The van der Waals surface area contributed by atoms with Crippen LogP contribution < -0.4 is 21.3 Å². The number of likely N-dealkylation sites (N-methyl/N-ethyl adjacent to an activating group) is 1. The molecule has 2 aromatic rings. The molecule has 36 heavy (non-hydrogen) atoms. The maximum absolute atomic E-state index is 12.7. The Morgan fingerprint density at radius 1 is 1.11 bits per heavy atom. The van der Waals surface area contributed by atoms with Gasteiger partial charge in [0, 0.05) is 38.4 Å². The van der Waals surface area contributed by atoms with Crippen molar-refractivity contribution < 1.29 is 9.59 Å². The largest absolute Gasteiger partial charge is 0.364 e. The molecule has 0 radical (unpaired) electrons. The van der Waals surface area contributed by atoms with E-state index in [0.29, 0.717) is 24.2 Å². The Bertz CT molecular complexity index is 1090. The number of carbonyl (C=O) groups excluding carboxylic acids is 2. The number of carbonyl (C=O) groups is 2. The van der Waals surface area contributed by atoms with Gasteiger partial charge in [-0.25, -0.2) is 4.79 Å². The van der Waals surface area contributed by atoms with Crippen molar-refractivity contribution in [2.24, 2.45) is 5.73 Å². The molecule has 4 N–H and O–H groups in total. The van der Waals surface area contributed by atoms with E-state index in [9.17, 15) is 9.59 Å². The molecule has 3 saturated heterocycles. The van der Waals surface area contributed by atoms with Crippen LogP contribution >= 0.6 is 0 Å². The number of anilines is 3. The monoisotopic (exact) mass is 493 g/mol. The van der Waals surface area contributed by atoms with Crippen molar-refractivity contribution in [3.05, 3.63) is 35.5 Å². The summed E-state index contributed by atoms with van der Waals surface area (Å²) < 4.78 is 0. The van der Waals surface area contributed by atoms with Crippen LogP contribution in [0.4, 0.5) is 22.2 Å². The van der Waals surface area contributed by atoms with Gasteiger partial charge in [0.15, 0.2) is 11.5 Å². The Morgan fingerprint density at radius 3 is 2.58 bits per heavy atom. The van der Waals surface area contributed by atoms with E-state index in [2.05, 4.69) is 37.9 Å². The number of nitrogens with two attached hydrogens (primary N) is 1. The molecule has 1 aromatic heterocycles. The van der Waals surface area contributed by atoms with Crippen molar-refractivity contribution in [2.75, 3.05) is 56.0 Å². The number of nitrogens with zero attached hydrogens (tertiary/aromatic N) is 6. The van der Waals surface area contributed by atoms with Gasteiger partial charge in [-0.2, -0.15) is 4.98 Å². The molecule has 3 amide bonds. The average molecular weight is 494 g/mol. The molecule has 1 atom stereocenters. The molecule has 0 aliphatic carbocycles. The summed E-state index contributed by atoms with van der Waals surface area (Å²) in [5.74, 6) is 0.595. The highest BCUT2D eigenvalue weighted by atomic mass is 16.2. The zero-order valence-corrected chi connectivity index (χ0v) is 20.8. The van der Waals surface area contributed by atoms with E-state index in [1.807, 2.05) is 33.8 Å². The number of nitrogens with one attached hydrogen (secondary N) is 2. The van der Waals surface area contributed by atoms with Crippen LogP contribution in [0.25, 0.3) is 0 Å². The van der Waals surface area contributed by atoms with Crippen molar-refractivity contribution in [1.82, 2.24) is 30.3 Å². The molecule has 3 aliphatic rings. The summed E-state index contributed by atoms with van der Waals surface area (Å²) in [6.45, 7) is 7.71. The predicted octanol–water partition coefficient (Wildman–Crippen LogP) is 1.91. The van der Waals surface area contributed by atoms with Crippen LogP contribution in [0.3, 0.4) is 0 Å². The maximum atomic E-state index is 12.7. The van der Waals surface area contributed by atoms with Crippen molar-refractivity contribution in [2.45, 2.75) is 44.6 Å². The highest BCUT2D eigenvalue weighted by Crippen LogP contribution is 2.28. The molecular formula is C25H35N9O2. The summed E-state index contributed by atoms with van der Waals surface area (Å²) in [4.78, 5) is 35.3. The number of primary amides is 1. The third kappa shape index (κ3) is 5.06. The van der Waals surface area contributed by atoms with Crippen molar-refractivity contribution in [3.8, 4) is 0 Å². The number of rotatable bonds is 7. The Balaban J connectivity index is 1.32. The van der Waals surface area contributed by atoms with Gasteiger partial charge in [0.1, 0.15) is 0 Å². The predicted molar refractivity (Wildman–Crippen MR) is 137 cm³/mol. The summed E-state index contributed by atoms with van der Waals surface area (Å²) in [6, 6.07) is 8.45. The fourth-order valence-corrected chi connectivity index (χ4v) is 5.46. The normalized spacial score (nSPS) is 21.2. The molecular weight excluding hydrogens is 458 g/mol. The Morgan fingerprint density at radius 2 is 1.89 bits per heavy atom. The summed E-state index contributed by atoms with van der Waals surface area (Å²) in [5, 5.41) is 15.0. The van der Waals surface area contributed by atoms with Gasteiger partial charge in [-0.1, -0.05) is 12.1 Å². The minimum absolute atomic E-state index is 0.00282. The minimum atomic E-state index is -0.686. The molecule has 0 spiro atoms. The van der Waals surface area contributed by atoms with Crippen molar-refractivity contribution >= 4 is 29.4 Å². The first kappa shape index (κ1) is 24.2. The van der Waals surface area contributed by atoms with Gasteiger partial charge in [-0.05, 0) is 69.3 Å². The second-order valence-electron chi connectivity index (χ2n) is 9.74. The molecule has 192 valence electrons. The zero-order chi connectivity index (χ0) is 25.1. The lowest BCUT2D eigenvalue weighted by molar-refractivity contribution is 0.0995. The second-order valence-corrected chi connectivity index (χ2v) is 9.74. The molecule has 1 unspecified atom stereocenters. The van der Waals surface area contributed by atoms with Crippen LogP contribution in [0.5, 0.6) is 0 Å². The average Bonchev–Trinajstić information content (AvgIpc) is 3.29. The van der Waals surface area contributed by atoms with Gasteiger partial charge in [0.25, 0.3) is 5.91 Å². The van der Waals surface area contributed by atoms with Crippen molar-refractivity contribution in [3.63, 3.8) is 0 Å². The number of hydrogen-bond donors (Lipinski definition) is 3. The zero-order valence-electron chi connectivity index (χ0n) is 20.8. The maximum Gasteiger partial charge on any atom is 0.320 e. The van der Waals surface area contributed by atoms with Gasteiger partial charge in [0.05, 0.1) is 6.04 Å². The number of urea groups is 1. The Hall–Kier alpha value is -3.47. The van der Waals surface area contributed by atoms with Crippen LogP contribution in [0.15, 0.2) is 24.3 Å². The lowest BCUT2D eigenvalue weighted by atomic mass is 9.90. The molecule has 3 aliphatic heterocycles. The topological polar surface area (TPSA) is 133 Å². The lowest BCUT2D eigenvalue weighted by Crippen LogP contribution is -2.50. The highest BCUT2D eigenvalue weighted by molar-refractivity contribution is 5.96. The van der Waals surface area contributed by atoms with E-state index in [-0.39, 0.29) is 17.8 Å². The van der Waals surface area contributed by atoms with Crippen LogP contribution in [-0.2, 0) is 0 Å². The van der Waals surface area contributed by atoms with Gasteiger partial charge >= 0.3 is 6.03 Å². The molecule has 0 saturated carbocycles. The van der Waals surface area contributed by atoms with E-state index in [4.69, 9.17) is 5.73 Å². The van der Waals surface area contributed by atoms with E-state index in [1.165, 1.54) is 5.56 Å². The first-order valence-corrected chi connectivity index (χ1v) is 13.0. The summed E-state index contributed by atoms with van der Waals surface area (Å²) in [7, 11) is 0. The standard InChI is InChI=1S/C25H35N9O2/c1-2-32-14-15-34(25(32)36)20-4-3-13-33(16-20)24-29-23(21(22(26)35)30-31-24)28-19-7-5-17(6-8-19)18-9-11-27-12-10-18/h5-8,18,20,27H,2-4,9-16H2,1H3,(H2,26,35)(H,28,29,31). The number of hydrogen-bond acceptors (Lipinski definition) is 8. The molecule has 1 aromatic carbocycles. The van der Waals surface area contributed by atoms with Gasteiger partial charge in [-0.15, -0.1) is 10.2 Å². The third-order valence-corrected chi connectivity index (χ3v) is 7.52.